The zero-order valence-electron chi connectivity index (χ0n) is 13.1. The summed E-state index contributed by atoms with van der Waals surface area (Å²) in [6, 6.07) is 5.45. The van der Waals surface area contributed by atoms with Crippen LogP contribution in [0.25, 0.3) is 0 Å². The van der Waals surface area contributed by atoms with Gasteiger partial charge in [0.25, 0.3) is 0 Å². The number of piperidine rings is 1. The van der Waals surface area contributed by atoms with E-state index in [4.69, 9.17) is 0 Å². The number of benzene rings is 1. The Morgan fingerprint density at radius 3 is 2.35 bits per heavy atom. The van der Waals surface area contributed by atoms with Gasteiger partial charge in [-0.1, -0.05) is 18.7 Å². The summed E-state index contributed by atoms with van der Waals surface area (Å²) in [5, 5.41) is 3.43. The molecule has 1 aliphatic rings. The standard InChI is InChI=1S/C17H21F3N2O/c1-3-16(23)22-10-8-15(9-11-22)21-12(2)13-4-6-14(7-5-13)17(18,19)20/h3-7,12,15,21H,1,8-11H2,2H3/t12-/m0/s1. The third kappa shape index (κ3) is 4.58. The molecule has 0 unspecified atom stereocenters. The van der Waals surface area contributed by atoms with Crippen LogP contribution >= 0.6 is 0 Å². The van der Waals surface area contributed by atoms with Crippen LogP contribution in [0, 0.1) is 0 Å². The maximum Gasteiger partial charge on any atom is 0.416 e. The predicted molar refractivity (Wildman–Crippen MR) is 82.8 cm³/mol. The highest BCUT2D eigenvalue weighted by Gasteiger charge is 2.30. The maximum absolute atomic E-state index is 12.6. The normalized spacial score (nSPS) is 17.8. The molecule has 0 bridgehead atoms. The van der Waals surface area contributed by atoms with E-state index in [0.29, 0.717) is 13.1 Å². The van der Waals surface area contributed by atoms with Crippen molar-refractivity contribution in [1.29, 1.82) is 0 Å². The van der Waals surface area contributed by atoms with Gasteiger partial charge in [0, 0.05) is 25.2 Å². The van der Waals surface area contributed by atoms with Gasteiger partial charge in [-0.25, -0.2) is 0 Å². The molecular formula is C17H21F3N2O. The minimum Gasteiger partial charge on any atom is -0.339 e. The van der Waals surface area contributed by atoms with Gasteiger partial charge in [0.2, 0.25) is 5.91 Å². The van der Waals surface area contributed by atoms with Crippen molar-refractivity contribution in [2.24, 2.45) is 0 Å². The molecule has 1 N–H and O–H groups in total. The lowest BCUT2D eigenvalue weighted by Gasteiger charge is -2.33. The largest absolute Gasteiger partial charge is 0.416 e. The van der Waals surface area contributed by atoms with Crippen LogP contribution in [0.15, 0.2) is 36.9 Å². The molecule has 1 aromatic carbocycles. The molecule has 1 fully saturated rings. The number of carbonyl (C=O) groups excluding carboxylic acids is 1. The van der Waals surface area contributed by atoms with Crippen molar-refractivity contribution in [3.63, 3.8) is 0 Å². The Balaban J connectivity index is 1.89. The minimum absolute atomic E-state index is 0.0380. The van der Waals surface area contributed by atoms with E-state index < -0.39 is 11.7 Å². The molecule has 23 heavy (non-hydrogen) atoms. The third-order valence-electron chi connectivity index (χ3n) is 4.20. The topological polar surface area (TPSA) is 32.3 Å². The number of alkyl halides is 3. The Morgan fingerprint density at radius 2 is 1.87 bits per heavy atom. The van der Waals surface area contributed by atoms with Crippen LogP contribution < -0.4 is 5.32 Å². The van der Waals surface area contributed by atoms with E-state index in [1.807, 2.05) is 6.92 Å². The average Bonchev–Trinajstić information content (AvgIpc) is 2.54. The van der Waals surface area contributed by atoms with E-state index in [2.05, 4.69) is 11.9 Å². The van der Waals surface area contributed by atoms with Crippen molar-refractivity contribution < 1.29 is 18.0 Å². The number of rotatable bonds is 4. The minimum atomic E-state index is -4.31. The van der Waals surface area contributed by atoms with E-state index in [-0.39, 0.29) is 18.0 Å². The first kappa shape index (κ1) is 17.5. The van der Waals surface area contributed by atoms with Crippen LogP contribution in [0.1, 0.15) is 36.9 Å². The van der Waals surface area contributed by atoms with Crippen molar-refractivity contribution in [3.05, 3.63) is 48.0 Å². The van der Waals surface area contributed by atoms with Crippen LogP contribution in [0.2, 0.25) is 0 Å². The second kappa shape index (κ2) is 7.17. The molecule has 1 amide bonds. The fourth-order valence-electron chi connectivity index (χ4n) is 2.81. The molecule has 3 nitrogen and oxygen atoms in total. The van der Waals surface area contributed by atoms with Crippen molar-refractivity contribution in [2.45, 2.75) is 38.0 Å². The molecule has 1 aliphatic heterocycles. The second-order valence-electron chi connectivity index (χ2n) is 5.81. The van der Waals surface area contributed by atoms with Gasteiger partial charge < -0.3 is 10.2 Å². The molecule has 0 spiro atoms. The van der Waals surface area contributed by atoms with Crippen LogP contribution in [0.3, 0.4) is 0 Å². The van der Waals surface area contributed by atoms with Gasteiger partial charge in [0.05, 0.1) is 5.56 Å². The lowest BCUT2D eigenvalue weighted by molar-refractivity contribution is -0.137. The molecule has 6 heteroatoms. The molecule has 2 rings (SSSR count). The van der Waals surface area contributed by atoms with Crippen LogP contribution in [0.5, 0.6) is 0 Å². The quantitative estimate of drug-likeness (QED) is 0.859. The number of nitrogens with one attached hydrogen (secondary N) is 1. The van der Waals surface area contributed by atoms with E-state index in [1.54, 1.807) is 4.90 Å². The molecule has 0 aliphatic carbocycles. The third-order valence-corrected chi connectivity index (χ3v) is 4.20. The molecule has 1 saturated heterocycles. The summed E-state index contributed by atoms with van der Waals surface area (Å²) in [6.07, 6.45) is -1.34. The number of carbonyl (C=O) groups is 1. The van der Waals surface area contributed by atoms with Crippen molar-refractivity contribution in [2.75, 3.05) is 13.1 Å². The first-order chi connectivity index (χ1) is 10.8. The Labute approximate surface area is 134 Å². The predicted octanol–water partition coefficient (Wildman–Crippen LogP) is 3.53. The molecule has 1 aromatic rings. The van der Waals surface area contributed by atoms with Gasteiger partial charge in [0.15, 0.2) is 0 Å². The van der Waals surface area contributed by atoms with Gasteiger partial charge in [0.1, 0.15) is 0 Å². The highest BCUT2D eigenvalue weighted by Crippen LogP contribution is 2.30. The smallest absolute Gasteiger partial charge is 0.339 e. The second-order valence-corrected chi connectivity index (χ2v) is 5.81. The molecule has 1 atom stereocenters. The number of halogens is 3. The molecule has 0 saturated carbocycles. The molecule has 0 radical (unpaired) electrons. The zero-order valence-corrected chi connectivity index (χ0v) is 13.1. The highest BCUT2D eigenvalue weighted by molar-refractivity contribution is 5.87. The summed E-state index contributed by atoms with van der Waals surface area (Å²) in [5.41, 5.74) is 0.187. The SMILES string of the molecule is C=CC(=O)N1CCC(N[C@@H](C)c2ccc(C(F)(F)F)cc2)CC1. The summed E-state index contributed by atoms with van der Waals surface area (Å²) >= 11 is 0. The van der Waals surface area contributed by atoms with Crippen LogP contribution in [0.4, 0.5) is 13.2 Å². The lowest BCUT2D eigenvalue weighted by Crippen LogP contribution is -2.45. The monoisotopic (exact) mass is 326 g/mol. The number of nitrogens with zero attached hydrogens (tertiary/aromatic N) is 1. The van der Waals surface area contributed by atoms with Crippen LogP contribution in [-0.4, -0.2) is 29.9 Å². The fraction of sp³-hybridized carbons (Fsp3) is 0.471. The van der Waals surface area contributed by atoms with Gasteiger partial charge in [-0.2, -0.15) is 13.2 Å². The lowest BCUT2D eigenvalue weighted by atomic mass is 10.0. The van der Waals surface area contributed by atoms with Crippen molar-refractivity contribution in [3.8, 4) is 0 Å². The number of likely N-dealkylation sites (tertiary alicyclic amines) is 1. The Bertz CT molecular complexity index is 546. The summed E-state index contributed by atoms with van der Waals surface area (Å²) < 4.78 is 37.7. The summed E-state index contributed by atoms with van der Waals surface area (Å²) in [7, 11) is 0. The summed E-state index contributed by atoms with van der Waals surface area (Å²) in [6.45, 7) is 6.75. The van der Waals surface area contributed by atoms with Gasteiger partial charge >= 0.3 is 6.18 Å². The number of hydrogen-bond acceptors (Lipinski definition) is 2. The maximum atomic E-state index is 12.6. The first-order valence-electron chi connectivity index (χ1n) is 7.66. The summed E-state index contributed by atoms with van der Waals surface area (Å²) in [5.74, 6) is -0.0563. The molecule has 1 heterocycles. The number of amides is 1. The van der Waals surface area contributed by atoms with E-state index in [0.717, 1.165) is 30.5 Å². The summed E-state index contributed by atoms with van der Waals surface area (Å²) in [4.78, 5) is 13.3. The molecule has 126 valence electrons. The van der Waals surface area contributed by atoms with E-state index >= 15 is 0 Å². The number of hydrogen-bond donors (Lipinski definition) is 1. The van der Waals surface area contributed by atoms with Gasteiger partial charge in [-0.05, 0) is 43.5 Å². The van der Waals surface area contributed by atoms with Crippen LogP contribution in [-0.2, 0) is 11.0 Å². The van der Waals surface area contributed by atoms with Gasteiger partial charge in [-0.15, -0.1) is 0 Å². The van der Waals surface area contributed by atoms with E-state index in [9.17, 15) is 18.0 Å². The Morgan fingerprint density at radius 1 is 1.30 bits per heavy atom. The van der Waals surface area contributed by atoms with E-state index in [1.165, 1.54) is 18.2 Å². The highest BCUT2D eigenvalue weighted by atomic mass is 19.4. The first-order valence-corrected chi connectivity index (χ1v) is 7.66. The Hall–Kier alpha value is -1.82. The van der Waals surface area contributed by atoms with Crippen molar-refractivity contribution in [1.82, 2.24) is 10.2 Å². The zero-order chi connectivity index (χ0) is 17.0. The molecule has 0 aromatic heterocycles. The van der Waals surface area contributed by atoms with Crippen molar-refractivity contribution >= 4 is 5.91 Å². The average molecular weight is 326 g/mol. The fourth-order valence-corrected chi connectivity index (χ4v) is 2.81. The van der Waals surface area contributed by atoms with Gasteiger partial charge in [-0.3, -0.25) is 4.79 Å². The Kier molecular flexibility index (Phi) is 5.46. The molecular weight excluding hydrogens is 305 g/mol.